The van der Waals surface area contributed by atoms with Gasteiger partial charge >= 0.3 is 0 Å². The first-order chi connectivity index (χ1) is 12.6. The van der Waals surface area contributed by atoms with Gasteiger partial charge in [-0.3, -0.25) is 4.79 Å². The Bertz CT molecular complexity index is 919. The summed E-state index contributed by atoms with van der Waals surface area (Å²) in [6.07, 6.45) is 0.913. The maximum atomic E-state index is 12.3. The van der Waals surface area contributed by atoms with Crippen molar-refractivity contribution < 1.29 is 13.2 Å². The van der Waals surface area contributed by atoms with Gasteiger partial charge in [0.1, 0.15) is 0 Å². The first-order valence-electron chi connectivity index (χ1n) is 9.03. The molecule has 1 atom stereocenters. The van der Waals surface area contributed by atoms with Gasteiger partial charge in [0.25, 0.3) is 0 Å². The molecular weight excluding hydrogens is 360 g/mol. The Morgan fingerprint density at radius 1 is 1.00 bits per heavy atom. The van der Waals surface area contributed by atoms with Gasteiger partial charge in [-0.2, -0.15) is 0 Å². The van der Waals surface area contributed by atoms with Gasteiger partial charge in [0.15, 0.2) is 0 Å². The number of hydrogen-bond acceptors (Lipinski definition) is 3. The molecule has 0 unspecified atom stereocenters. The monoisotopic (exact) mass is 388 g/mol. The molecule has 2 rings (SSSR count). The Labute approximate surface area is 162 Å². The third-order valence-corrected chi connectivity index (χ3v) is 6.30. The van der Waals surface area contributed by atoms with E-state index < -0.39 is 10.0 Å². The van der Waals surface area contributed by atoms with Crippen LogP contribution < -0.4 is 10.0 Å². The quantitative estimate of drug-likeness (QED) is 0.764. The van der Waals surface area contributed by atoms with Gasteiger partial charge in [-0.15, -0.1) is 0 Å². The molecule has 2 aromatic rings. The first kappa shape index (κ1) is 21.1. The van der Waals surface area contributed by atoms with Gasteiger partial charge in [0.2, 0.25) is 15.9 Å². The highest BCUT2D eigenvalue weighted by atomic mass is 32.2. The summed E-state index contributed by atoms with van der Waals surface area (Å²) in [6, 6.07) is 10.8. The van der Waals surface area contributed by atoms with Crippen molar-refractivity contribution in [1.82, 2.24) is 10.0 Å². The van der Waals surface area contributed by atoms with E-state index in [1.54, 1.807) is 24.3 Å². The molecule has 0 saturated heterocycles. The molecule has 0 spiro atoms. The Balaban J connectivity index is 1.95. The minimum absolute atomic E-state index is 0.0212. The first-order valence-corrected chi connectivity index (χ1v) is 10.5. The normalized spacial score (nSPS) is 12.6. The molecule has 0 heterocycles. The van der Waals surface area contributed by atoms with Crippen LogP contribution in [0.15, 0.2) is 41.3 Å². The summed E-state index contributed by atoms with van der Waals surface area (Å²) in [4.78, 5) is 12.5. The van der Waals surface area contributed by atoms with Crippen LogP contribution in [0.1, 0.15) is 47.2 Å². The number of hydrogen-bond donors (Lipinski definition) is 2. The molecule has 0 aliphatic rings. The van der Waals surface area contributed by atoms with Gasteiger partial charge in [-0.05, 0) is 81.1 Å². The lowest BCUT2D eigenvalue weighted by Crippen LogP contribution is -2.27. The topological polar surface area (TPSA) is 75.3 Å². The molecule has 0 radical (unpaired) electrons. The van der Waals surface area contributed by atoms with Crippen LogP contribution in [0.3, 0.4) is 0 Å². The van der Waals surface area contributed by atoms with E-state index in [2.05, 4.69) is 42.9 Å². The van der Waals surface area contributed by atoms with Crippen molar-refractivity contribution in [3.05, 3.63) is 64.2 Å². The fraction of sp³-hybridized carbons (Fsp3) is 0.381. The zero-order chi connectivity index (χ0) is 20.2. The van der Waals surface area contributed by atoms with Crippen molar-refractivity contribution in [2.24, 2.45) is 0 Å². The highest BCUT2D eigenvalue weighted by Gasteiger charge is 2.14. The Hall–Kier alpha value is -2.18. The fourth-order valence-electron chi connectivity index (χ4n) is 3.05. The summed E-state index contributed by atoms with van der Waals surface area (Å²) >= 11 is 0. The predicted molar refractivity (Wildman–Crippen MR) is 108 cm³/mol. The van der Waals surface area contributed by atoms with Crippen molar-refractivity contribution in [3.63, 3.8) is 0 Å². The molecule has 1 amide bonds. The van der Waals surface area contributed by atoms with E-state index in [0.717, 1.165) is 11.1 Å². The lowest BCUT2D eigenvalue weighted by molar-refractivity contribution is -0.121. The Morgan fingerprint density at radius 3 is 2.19 bits per heavy atom. The SMILES string of the molecule is CNS(=O)(=O)c1ccc(CCC(=O)N[C@H](C)c2cc(C)c(C)cc2C)cc1. The van der Waals surface area contributed by atoms with E-state index in [1.807, 2.05) is 6.92 Å². The zero-order valence-electron chi connectivity index (χ0n) is 16.6. The van der Waals surface area contributed by atoms with Crippen LogP contribution in [0, 0.1) is 20.8 Å². The predicted octanol–water partition coefficient (Wildman–Crippen LogP) is 3.33. The molecule has 6 heteroatoms. The second kappa shape index (κ2) is 8.67. The minimum atomic E-state index is -3.43. The van der Waals surface area contributed by atoms with Gasteiger partial charge in [0.05, 0.1) is 10.9 Å². The third kappa shape index (κ3) is 5.40. The number of aryl methyl sites for hydroxylation is 4. The standard InChI is InChI=1S/C21H28N2O3S/c1-14-12-16(3)20(13-15(14)2)17(4)23-21(24)11-8-18-6-9-19(10-7-18)27(25,26)22-5/h6-7,9-10,12-13,17,22H,8,11H2,1-5H3,(H,23,24)/t17-/m1/s1. The lowest BCUT2D eigenvalue weighted by atomic mass is 9.96. The van der Waals surface area contributed by atoms with Gasteiger partial charge in [-0.1, -0.05) is 24.3 Å². The van der Waals surface area contributed by atoms with Gasteiger partial charge < -0.3 is 5.32 Å². The van der Waals surface area contributed by atoms with Crippen LogP contribution in [0.25, 0.3) is 0 Å². The van der Waals surface area contributed by atoms with Crippen LogP contribution in [-0.4, -0.2) is 21.4 Å². The van der Waals surface area contributed by atoms with E-state index in [4.69, 9.17) is 0 Å². The van der Waals surface area contributed by atoms with E-state index in [-0.39, 0.29) is 16.8 Å². The number of amides is 1. The molecular formula is C21H28N2O3S. The number of nitrogens with one attached hydrogen (secondary N) is 2. The second-order valence-electron chi connectivity index (χ2n) is 6.93. The van der Waals surface area contributed by atoms with Crippen molar-refractivity contribution in [2.45, 2.75) is 51.5 Å². The van der Waals surface area contributed by atoms with E-state index in [0.29, 0.717) is 12.8 Å². The summed E-state index contributed by atoms with van der Waals surface area (Å²) in [5.74, 6) is -0.0212. The van der Waals surface area contributed by atoms with E-state index >= 15 is 0 Å². The van der Waals surface area contributed by atoms with Crippen molar-refractivity contribution in [2.75, 3.05) is 7.05 Å². The molecule has 27 heavy (non-hydrogen) atoms. The molecule has 0 aliphatic carbocycles. The molecule has 146 valence electrons. The lowest BCUT2D eigenvalue weighted by Gasteiger charge is -2.18. The third-order valence-electron chi connectivity index (χ3n) is 4.87. The summed E-state index contributed by atoms with van der Waals surface area (Å²) in [5, 5.41) is 3.05. The number of carbonyl (C=O) groups is 1. The van der Waals surface area contributed by atoms with Crippen LogP contribution in [0.5, 0.6) is 0 Å². The average Bonchev–Trinajstić information content (AvgIpc) is 2.63. The van der Waals surface area contributed by atoms with E-state index in [1.165, 1.54) is 23.7 Å². The van der Waals surface area contributed by atoms with Crippen LogP contribution in [-0.2, 0) is 21.2 Å². The average molecular weight is 389 g/mol. The molecule has 0 saturated carbocycles. The smallest absolute Gasteiger partial charge is 0.240 e. The van der Waals surface area contributed by atoms with Crippen LogP contribution in [0.2, 0.25) is 0 Å². The number of carbonyl (C=O) groups excluding carboxylic acids is 1. The molecule has 2 aromatic carbocycles. The largest absolute Gasteiger partial charge is 0.350 e. The molecule has 0 fully saturated rings. The van der Waals surface area contributed by atoms with Crippen molar-refractivity contribution >= 4 is 15.9 Å². The highest BCUT2D eigenvalue weighted by molar-refractivity contribution is 7.89. The maximum absolute atomic E-state index is 12.3. The Kier molecular flexibility index (Phi) is 6.78. The van der Waals surface area contributed by atoms with E-state index in [9.17, 15) is 13.2 Å². The summed E-state index contributed by atoms with van der Waals surface area (Å²) < 4.78 is 25.7. The van der Waals surface area contributed by atoms with Gasteiger partial charge in [0, 0.05) is 6.42 Å². The molecule has 2 N–H and O–H groups in total. The summed E-state index contributed by atoms with van der Waals surface area (Å²) in [7, 11) is -2.05. The Morgan fingerprint density at radius 2 is 1.59 bits per heavy atom. The van der Waals surface area contributed by atoms with Crippen molar-refractivity contribution in [1.29, 1.82) is 0 Å². The summed E-state index contributed by atoms with van der Waals surface area (Å²) in [5.41, 5.74) is 5.70. The number of benzene rings is 2. The minimum Gasteiger partial charge on any atom is -0.350 e. The second-order valence-corrected chi connectivity index (χ2v) is 8.82. The number of sulfonamides is 1. The van der Waals surface area contributed by atoms with Crippen LogP contribution in [0.4, 0.5) is 0 Å². The molecule has 0 bridgehead atoms. The van der Waals surface area contributed by atoms with Crippen LogP contribution >= 0.6 is 0 Å². The zero-order valence-corrected chi connectivity index (χ0v) is 17.4. The maximum Gasteiger partial charge on any atom is 0.240 e. The summed E-state index contributed by atoms with van der Waals surface area (Å²) in [6.45, 7) is 8.21. The molecule has 0 aromatic heterocycles. The van der Waals surface area contributed by atoms with Gasteiger partial charge in [-0.25, -0.2) is 13.1 Å². The molecule has 5 nitrogen and oxygen atoms in total. The van der Waals surface area contributed by atoms with Crippen molar-refractivity contribution in [3.8, 4) is 0 Å². The fourth-order valence-corrected chi connectivity index (χ4v) is 3.78. The highest BCUT2D eigenvalue weighted by Crippen LogP contribution is 2.22. The number of rotatable bonds is 7. The molecule has 0 aliphatic heterocycles.